The molecule has 0 aliphatic carbocycles. The van der Waals surface area contributed by atoms with Crippen LogP contribution in [0.2, 0.25) is 5.02 Å². The van der Waals surface area contributed by atoms with Crippen LogP contribution < -0.4 is 10.6 Å². The average molecular weight is 271 g/mol. The third-order valence-corrected chi connectivity index (χ3v) is 3.63. The minimum absolute atomic E-state index is 0.763. The molecule has 2 N–H and O–H groups in total. The van der Waals surface area contributed by atoms with E-state index in [-0.39, 0.29) is 0 Å². The molecule has 0 saturated heterocycles. The van der Waals surface area contributed by atoms with Gasteiger partial charge in [0.2, 0.25) is 0 Å². The van der Waals surface area contributed by atoms with Crippen molar-refractivity contribution in [2.45, 2.75) is 0 Å². The highest BCUT2D eigenvalue weighted by Gasteiger charge is 2.16. The highest BCUT2D eigenvalue weighted by molar-refractivity contribution is 6.30. The maximum absolute atomic E-state index is 6.07. The number of rotatable bonds is 1. The summed E-state index contributed by atoms with van der Waals surface area (Å²) in [6.07, 6.45) is 2.19. The predicted molar refractivity (Wildman–Crippen MR) is 83.4 cm³/mol. The molecule has 1 heterocycles. The van der Waals surface area contributed by atoms with E-state index in [4.69, 9.17) is 17.3 Å². The van der Waals surface area contributed by atoms with Gasteiger partial charge in [-0.2, -0.15) is 0 Å². The molecule has 3 heteroatoms. The lowest BCUT2D eigenvalue weighted by molar-refractivity contribution is 1.03. The second-order valence-electron chi connectivity index (χ2n) is 4.85. The van der Waals surface area contributed by atoms with E-state index in [9.17, 15) is 0 Å². The summed E-state index contributed by atoms with van der Waals surface area (Å²) >= 11 is 6.07. The fourth-order valence-electron chi connectivity index (χ4n) is 2.47. The first-order chi connectivity index (χ1) is 9.13. The Morgan fingerprint density at radius 2 is 2.00 bits per heavy atom. The van der Waals surface area contributed by atoms with Crippen LogP contribution in [-0.2, 0) is 0 Å². The number of nitrogens with zero attached hydrogens (tertiary/aromatic N) is 1. The Kier molecular flexibility index (Phi) is 2.96. The van der Waals surface area contributed by atoms with Crippen LogP contribution in [0.4, 0.5) is 11.4 Å². The minimum Gasteiger partial charge on any atom is -0.399 e. The molecule has 2 nitrogen and oxygen atoms in total. The Morgan fingerprint density at radius 3 is 2.79 bits per heavy atom. The first-order valence-electron chi connectivity index (χ1n) is 6.21. The minimum atomic E-state index is 0.763. The molecule has 0 amide bonds. The number of nitrogens with two attached hydrogens (primary N) is 1. The van der Waals surface area contributed by atoms with Gasteiger partial charge in [-0.05, 0) is 47.5 Å². The first-order valence-corrected chi connectivity index (χ1v) is 6.58. The summed E-state index contributed by atoms with van der Waals surface area (Å²) in [6.45, 7) is 0.872. The van der Waals surface area contributed by atoms with E-state index in [1.54, 1.807) is 0 Å². The monoisotopic (exact) mass is 270 g/mol. The van der Waals surface area contributed by atoms with E-state index in [1.165, 1.54) is 11.3 Å². The van der Waals surface area contributed by atoms with Crippen molar-refractivity contribution in [3.63, 3.8) is 0 Å². The molecule has 0 fully saturated rings. The Morgan fingerprint density at radius 1 is 1.16 bits per heavy atom. The van der Waals surface area contributed by atoms with Crippen molar-refractivity contribution in [1.82, 2.24) is 0 Å². The molecule has 1 aliphatic rings. The number of halogens is 1. The summed E-state index contributed by atoms with van der Waals surface area (Å²) in [6, 6.07) is 14.0. The van der Waals surface area contributed by atoms with E-state index in [0.717, 1.165) is 28.4 Å². The van der Waals surface area contributed by atoms with Gasteiger partial charge in [0.1, 0.15) is 0 Å². The molecule has 1 aliphatic heterocycles. The van der Waals surface area contributed by atoms with Crippen LogP contribution >= 0.6 is 11.6 Å². The molecule has 0 unspecified atom stereocenters. The Hall–Kier alpha value is -1.93. The molecule has 3 rings (SSSR count). The molecule has 0 aromatic heterocycles. The molecule has 19 heavy (non-hydrogen) atoms. The zero-order chi connectivity index (χ0) is 13.4. The third kappa shape index (κ3) is 2.32. The maximum Gasteiger partial charge on any atom is 0.0441 e. The number of hydrogen-bond acceptors (Lipinski definition) is 2. The molecular formula is C16H15ClN2. The molecule has 96 valence electrons. The van der Waals surface area contributed by atoms with Gasteiger partial charge >= 0.3 is 0 Å². The summed E-state index contributed by atoms with van der Waals surface area (Å²) in [5.74, 6) is 0. The highest BCUT2D eigenvalue weighted by Crippen LogP contribution is 2.33. The normalized spacial score (nSPS) is 14.0. The third-order valence-electron chi connectivity index (χ3n) is 3.40. The van der Waals surface area contributed by atoms with Gasteiger partial charge < -0.3 is 10.6 Å². The molecule has 0 atom stereocenters. The molecule has 0 radical (unpaired) electrons. The van der Waals surface area contributed by atoms with Gasteiger partial charge in [-0.15, -0.1) is 0 Å². The molecule has 2 aromatic carbocycles. The second kappa shape index (κ2) is 4.63. The van der Waals surface area contributed by atoms with E-state index in [0.29, 0.717) is 0 Å². The SMILES string of the molecule is CN1CC(c2cccc(Cl)c2)=Cc2cc(N)ccc21. The van der Waals surface area contributed by atoms with E-state index < -0.39 is 0 Å². The fourth-order valence-corrected chi connectivity index (χ4v) is 2.66. The zero-order valence-electron chi connectivity index (χ0n) is 10.7. The molecular weight excluding hydrogens is 256 g/mol. The van der Waals surface area contributed by atoms with E-state index >= 15 is 0 Å². The van der Waals surface area contributed by atoms with Gasteiger partial charge in [0.25, 0.3) is 0 Å². The summed E-state index contributed by atoms with van der Waals surface area (Å²) in [7, 11) is 2.09. The number of fused-ring (bicyclic) bond motifs is 1. The standard InChI is InChI=1S/C16H15ClN2/c1-19-10-13(11-3-2-4-14(17)8-11)7-12-9-15(18)5-6-16(12)19/h2-9H,10,18H2,1H3. The lowest BCUT2D eigenvalue weighted by atomic mass is 9.97. The molecule has 2 aromatic rings. The predicted octanol–water partition coefficient (Wildman–Crippen LogP) is 3.91. The molecule has 0 spiro atoms. The summed E-state index contributed by atoms with van der Waals surface area (Å²) in [5.41, 5.74) is 11.4. The number of anilines is 2. The van der Waals surface area contributed by atoms with Gasteiger partial charge in [-0.3, -0.25) is 0 Å². The second-order valence-corrected chi connectivity index (χ2v) is 5.29. The number of benzene rings is 2. The van der Waals surface area contributed by atoms with Crippen molar-refractivity contribution in [2.24, 2.45) is 0 Å². The van der Waals surface area contributed by atoms with Crippen LogP contribution in [0.25, 0.3) is 11.6 Å². The lowest BCUT2D eigenvalue weighted by Crippen LogP contribution is -2.23. The average Bonchev–Trinajstić information content (AvgIpc) is 2.38. The summed E-state index contributed by atoms with van der Waals surface area (Å²) < 4.78 is 0. The Labute approximate surface area is 118 Å². The van der Waals surface area contributed by atoms with E-state index in [2.05, 4.69) is 30.2 Å². The van der Waals surface area contributed by atoms with Crippen LogP contribution in [0.15, 0.2) is 42.5 Å². The van der Waals surface area contributed by atoms with Gasteiger partial charge in [-0.25, -0.2) is 0 Å². The van der Waals surface area contributed by atoms with Crippen molar-refractivity contribution in [3.8, 4) is 0 Å². The topological polar surface area (TPSA) is 29.3 Å². The highest BCUT2D eigenvalue weighted by atomic mass is 35.5. The molecule has 0 bridgehead atoms. The van der Waals surface area contributed by atoms with Crippen LogP contribution in [0.1, 0.15) is 11.1 Å². The maximum atomic E-state index is 6.07. The van der Waals surface area contributed by atoms with E-state index in [1.807, 2.05) is 30.3 Å². The van der Waals surface area contributed by atoms with Gasteiger partial charge in [0.05, 0.1) is 0 Å². The van der Waals surface area contributed by atoms with Gasteiger partial charge in [0, 0.05) is 35.6 Å². The van der Waals surface area contributed by atoms with Crippen molar-refractivity contribution in [2.75, 3.05) is 24.2 Å². The molecule has 0 saturated carbocycles. The van der Waals surface area contributed by atoms with Gasteiger partial charge in [0.15, 0.2) is 0 Å². The van der Waals surface area contributed by atoms with Crippen LogP contribution in [0, 0.1) is 0 Å². The largest absolute Gasteiger partial charge is 0.399 e. The van der Waals surface area contributed by atoms with Gasteiger partial charge in [-0.1, -0.05) is 23.7 Å². The van der Waals surface area contributed by atoms with Crippen LogP contribution in [0.5, 0.6) is 0 Å². The quantitative estimate of drug-likeness (QED) is 0.796. The number of likely N-dealkylation sites (N-methyl/N-ethyl adjacent to an activating group) is 1. The van der Waals surface area contributed by atoms with Crippen molar-refractivity contribution < 1.29 is 0 Å². The Balaban J connectivity index is 2.10. The van der Waals surface area contributed by atoms with Crippen molar-refractivity contribution >= 4 is 34.6 Å². The fraction of sp³-hybridized carbons (Fsp3) is 0.125. The first kappa shape index (κ1) is 12.1. The lowest BCUT2D eigenvalue weighted by Gasteiger charge is -2.28. The number of hydrogen-bond donors (Lipinski definition) is 1. The zero-order valence-corrected chi connectivity index (χ0v) is 11.5. The Bertz CT molecular complexity index is 662. The number of nitrogen functional groups attached to an aromatic ring is 1. The van der Waals surface area contributed by atoms with Crippen molar-refractivity contribution in [1.29, 1.82) is 0 Å². The summed E-state index contributed by atoms with van der Waals surface area (Å²) in [4.78, 5) is 2.23. The summed E-state index contributed by atoms with van der Waals surface area (Å²) in [5, 5.41) is 0.763. The van der Waals surface area contributed by atoms with Crippen LogP contribution in [-0.4, -0.2) is 13.6 Å². The smallest absolute Gasteiger partial charge is 0.0441 e. The van der Waals surface area contributed by atoms with Crippen LogP contribution in [0.3, 0.4) is 0 Å². The van der Waals surface area contributed by atoms with Crippen molar-refractivity contribution in [3.05, 3.63) is 58.6 Å².